The van der Waals surface area contributed by atoms with Crippen LogP contribution in [0.15, 0.2) is 42.5 Å². The molecule has 29 heavy (non-hydrogen) atoms. The van der Waals surface area contributed by atoms with Crippen molar-refractivity contribution >= 4 is 34.8 Å². The molecule has 1 N–H and O–H groups in total. The van der Waals surface area contributed by atoms with E-state index in [2.05, 4.69) is 4.90 Å². The van der Waals surface area contributed by atoms with Gasteiger partial charge in [0, 0.05) is 24.7 Å². The van der Waals surface area contributed by atoms with E-state index < -0.39 is 6.10 Å². The molecule has 3 rings (SSSR count). The predicted octanol–water partition coefficient (Wildman–Crippen LogP) is 5.10. The Morgan fingerprint density at radius 3 is 2.45 bits per heavy atom. The smallest absolute Gasteiger partial charge is 0.251 e. The van der Waals surface area contributed by atoms with E-state index in [-0.39, 0.29) is 17.9 Å². The topological polar surface area (TPSA) is 43.8 Å². The van der Waals surface area contributed by atoms with Crippen molar-refractivity contribution in [2.24, 2.45) is 5.92 Å². The van der Waals surface area contributed by atoms with Crippen LogP contribution in [0.3, 0.4) is 0 Å². The Balaban J connectivity index is 1.90. The largest absolute Gasteiger partial charge is 0.383 e. The highest BCUT2D eigenvalue weighted by Crippen LogP contribution is 2.36. The van der Waals surface area contributed by atoms with Gasteiger partial charge < -0.3 is 14.9 Å². The summed E-state index contributed by atoms with van der Waals surface area (Å²) in [5.41, 5.74) is 3.11. The Bertz CT molecular complexity index is 854. The van der Waals surface area contributed by atoms with Crippen LogP contribution in [0.4, 0.5) is 5.69 Å². The van der Waals surface area contributed by atoms with E-state index in [1.807, 2.05) is 63.2 Å². The second kappa shape index (κ2) is 9.38. The molecule has 0 bridgehead atoms. The number of piperazine rings is 1. The lowest BCUT2D eigenvalue weighted by atomic mass is 9.99. The van der Waals surface area contributed by atoms with Crippen molar-refractivity contribution in [2.45, 2.75) is 39.3 Å². The van der Waals surface area contributed by atoms with Crippen molar-refractivity contribution in [2.75, 3.05) is 24.5 Å². The molecule has 0 aromatic heterocycles. The maximum Gasteiger partial charge on any atom is 0.251 e. The molecular formula is C23H28Cl2N2O2. The number of aliphatic hydroxyl groups is 1. The molecule has 0 unspecified atom stereocenters. The molecule has 0 radical (unpaired) electrons. The number of carbonyl (C=O) groups is 1. The van der Waals surface area contributed by atoms with Gasteiger partial charge in [-0.3, -0.25) is 4.79 Å². The van der Waals surface area contributed by atoms with Crippen LogP contribution in [0.5, 0.6) is 0 Å². The van der Waals surface area contributed by atoms with Crippen LogP contribution in [-0.2, 0) is 4.79 Å². The van der Waals surface area contributed by atoms with Crippen molar-refractivity contribution in [3.63, 3.8) is 0 Å². The number of hydrogen-bond donors (Lipinski definition) is 1. The molecule has 1 amide bonds. The van der Waals surface area contributed by atoms with Crippen molar-refractivity contribution in [3.8, 4) is 0 Å². The van der Waals surface area contributed by atoms with E-state index in [1.54, 1.807) is 4.90 Å². The first-order valence-electron chi connectivity index (χ1n) is 10.0. The fraction of sp³-hybridized carbons (Fsp3) is 0.435. The van der Waals surface area contributed by atoms with Crippen molar-refractivity contribution in [1.82, 2.24) is 4.90 Å². The predicted molar refractivity (Wildman–Crippen MR) is 120 cm³/mol. The van der Waals surface area contributed by atoms with Gasteiger partial charge in [0.25, 0.3) is 5.91 Å². The number of hydrogen-bond acceptors (Lipinski definition) is 3. The summed E-state index contributed by atoms with van der Waals surface area (Å²) in [4.78, 5) is 16.8. The molecular weight excluding hydrogens is 407 g/mol. The fourth-order valence-electron chi connectivity index (χ4n) is 3.84. The molecule has 2 aromatic carbocycles. The molecule has 2 aromatic rings. The van der Waals surface area contributed by atoms with Crippen LogP contribution in [0.2, 0.25) is 10.0 Å². The first-order chi connectivity index (χ1) is 13.8. The second-order valence-electron chi connectivity index (χ2n) is 8.15. The lowest BCUT2D eigenvalue weighted by molar-refractivity contribution is -0.141. The molecule has 0 spiro atoms. The van der Waals surface area contributed by atoms with Gasteiger partial charge in [-0.05, 0) is 54.7 Å². The van der Waals surface area contributed by atoms with Crippen LogP contribution < -0.4 is 4.90 Å². The van der Waals surface area contributed by atoms with Gasteiger partial charge in [0.05, 0.1) is 16.8 Å². The van der Waals surface area contributed by atoms with Crippen molar-refractivity contribution in [3.05, 3.63) is 63.6 Å². The number of aliphatic hydroxyl groups excluding tert-OH is 1. The standard InChI is InChI=1S/C23H28Cl2N2O2/c1-15(2)12-22(28)23(29)26-10-11-27(20-9-4-16(3)13-19(20)25)21(14-26)17-5-7-18(24)8-6-17/h4-9,13,15,21-22,28H,10-12,14H2,1-3H3/t21-,22-/m0/s1. The number of anilines is 1. The van der Waals surface area contributed by atoms with Gasteiger partial charge in [0.1, 0.15) is 6.10 Å². The third-order valence-electron chi connectivity index (χ3n) is 5.34. The van der Waals surface area contributed by atoms with E-state index in [0.717, 1.165) is 16.8 Å². The van der Waals surface area contributed by atoms with Crippen LogP contribution in [-0.4, -0.2) is 41.7 Å². The van der Waals surface area contributed by atoms with Crippen LogP contribution in [0.1, 0.15) is 37.4 Å². The minimum absolute atomic E-state index is 0.0728. The van der Waals surface area contributed by atoms with Crippen LogP contribution >= 0.6 is 23.2 Å². The molecule has 1 aliphatic heterocycles. The average Bonchev–Trinajstić information content (AvgIpc) is 2.67. The Labute approximate surface area is 183 Å². The van der Waals surface area contributed by atoms with Gasteiger partial charge >= 0.3 is 0 Å². The van der Waals surface area contributed by atoms with Crippen molar-refractivity contribution in [1.29, 1.82) is 0 Å². The van der Waals surface area contributed by atoms with Gasteiger partial charge in [0.2, 0.25) is 0 Å². The fourth-order valence-corrected chi connectivity index (χ4v) is 4.31. The maximum absolute atomic E-state index is 12.8. The zero-order chi connectivity index (χ0) is 21.1. The molecule has 2 atom stereocenters. The summed E-state index contributed by atoms with van der Waals surface area (Å²) in [6.07, 6.45) is -0.496. The Kier molecular flexibility index (Phi) is 7.10. The minimum Gasteiger partial charge on any atom is -0.383 e. The first-order valence-corrected chi connectivity index (χ1v) is 10.8. The Morgan fingerprint density at radius 1 is 1.14 bits per heavy atom. The molecule has 0 saturated carbocycles. The van der Waals surface area contributed by atoms with E-state index in [4.69, 9.17) is 23.2 Å². The zero-order valence-electron chi connectivity index (χ0n) is 17.1. The summed E-state index contributed by atoms with van der Waals surface area (Å²) < 4.78 is 0. The summed E-state index contributed by atoms with van der Waals surface area (Å²) in [7, 11) is 0. The number of halogens is 2. The number of amides is 1. The third kappa shape index (κ3) is 5.25. The molecule has 1 saturated heterocycles. The van der Waals surface area contributed by atoms with Gasteiger partial charge in [0.15, 0.2) is 0 Å². The molecule has 1 fully saturated rings. The SMILES string of the molecule is Cc1ccc(N2CCN(C(=O)[C@@H](O)CC(C)C)C[C@H]2c2ccc(Cl)cc2)c(Cl)c1. The van der Waals surface area contributed by atoms with Gasteiger partial charge in [-0.1, -0.05) is 55.2 Å². The lowest BCUT2D eigenvalue weighted by Gasteiger charge is -2.44. The number of aryl methyl sites for hydroxylation is 1. The summed E-state index contributed by atoms with van der Waals surface area (Å²) >= 11 is 12.6. The highest BCUT2D eigenvalue weighted by atomic mass is 35.5. The monoisotopic (exact) mass is 434 g/mol. The Morgan fingerprint density at radius 2 is 1.83 bits per heavy atom. The Hall–Kier alpha value is -1.75. The summed E-state index contributed by atoms with van der Waals surface area (Å²) in [6.45, 7) is 7.69. The third-order valence-corrected chi connectivity index (χ3v) is 5.89. The molecule has 0 aliphatic carbocycles. The molecule has 1 aliphatic rings. The molecule has 6 heteroatoms. The number of rotatable bonds is 5. The van der Waals surface area contributed by atoms with E-state index in [0.29, 0.717) is 36.1 Å². The first kappa shape index (κ1) is 21.9. The number of benzene rings is 2. The quantitative estimate of drug-likeness (QED) is 0.711. The minimum atomic E-state index is -0.963. The van der Waals surface area contributed by atoms with Crippen LogP contribution in [0.25, 0.3) is 0 Å². The van der Waals surface area contributed by atoms with Gasteiger partial charge in [-0.25, -0.2) is 0 Å². The van der Waals surface area contributed by atoms with Gasteiger partial charge in [-0.15, -0.1) is 0 Å². The van der Waals surface area contributed by atoms with E-state index >= 15 is 0 Å². The molecule has 156 valence electrons. The maximum atomic E-state index is 12.8. The second-order valence-corrected chi connectivity index (χ2v) is 8.99. The highest BCUT2D eigenvalue weighted by molar-refractivity contribution is 6.33. The van der Waals surface area contributed by atoms with Crippen molar-refractivity contribution < 1.29 is 9.90 Å². The highest BCUT2D eigenvalue weighted by Gasteiger charge is 2.34. The molecule has 1 heterocycles. The normalized spacial score (nSPS) is 18.2. The number of carbonyl (C=O) groups excluding carboxylic acids is 1. The van der Waals surface area contributed by atoms with E-state index in [9.17, 15) is 9.90 Å². The number of nitrogens with zero attached hydrogens (tertiary/aromatic N) is 2. The van der Waals surface area contributed by atoms with Crippen LogP contribution in [0, 0.1) is 12.8 Å². The lowest BCUT2D eigenvalue weighted by Crippen LogP contribution is -2.53. The average molecular weight is 435 g/mol. The van der Waals surface area contributed by atoms with E-state index in [1.165, 1.54) is 0 Å². The summed E-state index contributed by atoms with van der Waals surface area (Å²) in [6, 6.07) is 13.7. The molecule has 4 nitrogen and oxygen atoms in total. The van der Waals surface area contributed by atoms with Gasteiger partial charge in [-0.2, -0.15) is 0 Å². The summed E-state index contributed by atoms with van der Waals surface area (Å²) in [5.74, 6) is 0.0565. The zero-order valence-corrected chi connectivity index (χ0v) is 18.6. The summed E-state index contributed by atoms with van der Waals surface area (Å²) in [5, 5.41) is 11.7.